The van der Waals surface area contributed by atoms with Gasteiger partial charge in [-0.1, -0.05) is 73.5 Å². The molecule has 0 radical (unpaired) electrons. The van der Waals surface area contributed by atoms with Gasteiger partial charge >= 0.3 is 17.9 Å². The summed E-state index contributed by atoms with van der Waals surface area (Å²) in [6.45, 7) is -2.32. The number of aromatic amines is 2. The average molecular weight is 1870 g/mol. The molecule has 44 nitrogen and oxygen atoms in total. The minimum Gasteiger partial charge on any atom is -0.508 e. The van der Waals surface area contributed by atoms with Crippen LogP contribution in [0.5, 0.6) is 5.75 Å². The number of phenolic OH excluding ortho intramolecular Hbond substituents is 1. The number of aliphatic carboxylic acids is 3. The highest BCUT2D eigenvalue weighted by Gasteiger charge is 2.47. The Morgan fingerprint density at radius 1 is 0.489 bits per heavy atom. The number of hydrogen-bond acceptors (Lipinski definition) is 24. The molecule has 0 saturated carbocycles. The lowest BCUT2D eigenvalue weighted by Gasteiger charge is -2.36. The Kier molecular flexibility index (Phi) is 38.1. The number of allylic oxidation sites excluding steroid dienone is 2. The van der Waals surface area contributed by atoms with Crippen LogP contribution in [-0.4, -0.2) is 334 Å². The lowest BCUT2D eigenvalue weighted by Crippen LogP contribution is -2.62. The van der Waals surface area contributed by atoms with E-state index in [0.29, 0.717) is 75.9 Å². The normalized spacial score (nSPS) is 26.1. The summed E-state index contributed by atoms with van der Waals surface area (Å²) in [5.41, 5.74) is 13.9. The molecule has 45 heteroatoms. The summed E-state index contributed by atoms with van der Waals surface area (Å²) in [5, 5.41) is 88.9. The van der Waals surface area contributed by atoms with Crippen LogP contribution < -0.4 is 64.6 Å². The van der Waals surface area contributed by atoms with Crippen LogP contribution in [0, 0.1) is 0 Å². The third kappa shape index (κ3) is 28.7. The maximum Gasteiger partial charge on any atom is 0.305 e. The Balaban J connectivity index is 1.09. The topological polar surface area (TPSA) is 666 Å². The van der Waals surface area contributed by atoms with Crippen molar-refractivity contribution in [1.82, 2.24) is 87.6 Å². The Morgan fingerprint density at radius 3 is 1.58 bits per heavy atom. The molecule has 720 valence electrons. The molecule has 9 rings (SSSR count). The summed E-state index contributed by atoms with van der Waals surface area (Å²) >= 11 is 0.683. The number of thioether (sulfide) groups is 1. The first kappa shape index (κ1) is 103. The molecule has 15 atom stereocenters. The number of phenols is 1. The number of primary amides is 1. The van der Waals surface area contributed by atoms with E-state index in [1.54, 1.807) is 54.7 Å². The van der Waals surface area contributed by atoms with Gasteiger partial charge in [-0.05, 0) is 112 Å². The predicted molar refractivity (Wildman–Crippen MR) is 477 cm³/mol. The van der Waals surface area contributed by atoms with Gasteiger partial charge in [0.1, 0.15) is 90.3 Å². The number of amides is 16. The minimum atomic E-state index is -1.96. The van der Waals surface area contributed by atoms with Crippen LogP contribution in [0.15, 0.2) is 97.3 Å². The van der Waals surface area contributed by atoms with Gasteiger partial charge in [-0.3, -0.25) is 91.1 Å². The number of nitrogens with one attached hydrogen (secondary N) is 12. The van der Waals surface area contributed by atoms with Crippen LogP contribution in [0.4, 0.5) is 0 Å². The second-order valence-electron chi connectivity index (χ2n) is 33.4. The third-order valence-electron chi connectivity index (χ3n) is 23.9. The van der Waals surface area contributed by atoms with Crippen LogP contribution in [0.25, 0.3) is 21.8 Å². The molecule has 3 aromatic carbocycles. The molecule has 0 aliphatic carbocycles. The Bertz CT molecular complexity index is 5120. The largest absolute Gasteiger partial charge is 0.508 e. The molecule has 22 N–H and O–H groups in total. The average Bonchev–Trinajstić information content (AvgIpc) is 1.69. The molecule has 4 aliphatic rings. The van der Waals surface area contributed by atoms with Gasteiger partial charge < -0.3 is 130 Å². The van der Waals surface area contributed by atoms with Crippen molar-refractivity contribution in [3.63, 3.8) is 0 Å². The SMILES string of the molecule is C[C@H]1C(=O)N[C@@H](CC(=O)O)C(=O)N2CCC[C@H]2C(=O)N[C@@H](CN)C(=O)N[C@@H](CCC(=O)O)C(=O)N2C[C@H](O)C[C@H]2C(=O)N[C@@H](Cc2c[nH]c3ccccc23)C(=O)N[C@@H](CO)C(=O)N[C@@H](Cc2c[nH]c3ccccc23)C(=O)N(C)[C@H]2CCCC/C=C\CCCC[C@@H](C(=O)N[C@@H](CCC(=O)O)C(=O)N[C@H](C(=O)NCC(N)=O)CSCC(=O)N[C@@H](Cc3ccc(O)cc3)C(=O)N1C)N(C)C2=O. The van der Waals surface area contributed by atoms with Gasteiger partial charge in [0.25, 0.3) is 0 Å². The van der Waals surface area contributed by atoms with E-state index >= 15 is 33.6 Å². The molecule has 5 aromatic rings. The molecule has 4 aliphatic heterocycles. The van der Waals surface area contributed by atoms with E-state index in [2.05, 4.69) is 63.1 Å². The summed E-state index contributed by atoms with van der Waals surface area (Å²) in [5.74, 6) is -22.8. The highest BCUT2D eigenvalue weighted by molar-refractivity contribution is 8.00. The fraction of sp³-hybridized carbons (Fsp3) is 0.511. The molecule has 2 aromatic heterocycles. The third-order valence-corrected chi connectivity index (χ3v) is 24.9. The number of hydrogen-bond donors (Lipinski definition) is 20. The van der Waals surface area contributed by atoms with Gasteiger partial charge in [0, 0.05) is 119 Å². The van der Waals surface area contributed by atoms with E-state index in [1.165, 1.54) is 51.5 Å². The van der Waals surface area contributed by atoms with Crippen molar-refractivity contribution in [2.24, 2.45) is 11.5 Å². The monoisotopic (exact) mass is 1870 g/mol. The molecule has 6 heterocycles. The van der Waals surface area contributed by atoms with Crippen LogP contribution in [0.2, 0.25) is 0 Å². The summed E-state index contributed by atoms with van der Waals surface area (Å²) in [6.07, 6.45) is 2.38. The molecular weight excluding hydrogens is 1760 g/mol. The summed E-state index contributed by atoms with van der Waals surface area (Å²) < 4.78 is 0. The first-order valence-corrected chi connectivity index (χ1v) is 45.0. The zero-order valence-corrected chi connectivity index (χ0v) is 74.8. The molecule has 16 amide bonds. The second-order valence-corrected chi connectivity index (χ2v) is 34.4. The second kappa shape index (κ2) is 49.1. The zero-order chi connectivity index (χ0) is 97.0. The number of fused-ring (bicyclic) bond motifs is 7. The highest BCUT2D eigenvalue weighted by Crippen LogP contribution is 2.28. The molecule has 133 heavy (non-hydrogen) atoms. The van der Waals surface area contributed by atoms with Crippen LogP contribution in [0.1, 0.15) is 126 Å². The van der Waals surface area contributed by atoms with Crippen LogP contribution >= 0.6 is 11.8 Å². The number of benzene rings is 3. The molecule has 3 fully saturated rings. The lowest BCUT2D eigenvalue weighted by atomic mass is 9.99. The molecular formula is C88H117N19O25S. The quantitative estimate of drug-likeness (QED) is 0.0355. The summed E-state index contributed by atoms with van der Waals surface area (Å²) in [6, 6.07) is -4.70. The molecule has 0 spiro atoms. The van der Waals surface area contributed by atoms with E-state index < -0.39 is 279 Å². The van der Waals surface area contributed by atoms with Crippen molar-refractivity contribution in [2.45, 2.75) is 220 Å². The molecule has 0 unspecified atom stereocenters. The van der Waals surface area contributed by atoms with E-state index in [0.717, 1.165) is 31.5 Å². The number of nitrogens with two attached hydrogens (primary N) is 2. The number of carboxylic acid groups (broad SMARTS) is 3. The lowest BCUT2D eigenvalue weighted by molar-refractivity contribution is -0.149. The van der Waals surface area contributed by atoms with Crippen molar-refractivity contribution >= 4 is 146 Å². The predicted octanol–water partition coefficient (Wildman–Crippen LogP) is -3.61. The number of aliphatic hydroxyl groups is 2. The van der Waals surface area contributed by atoms with Crippen molar-refractivity contribution in [2.75, 3.05) is 65.4 Å². The van der Waals surface area contributed by atoms with Gasteiger partial charge in [-0.2, -0.15) is 0 Å². The number of aliphatic hydroxyl groups excluding tert-OH is 2. The number of carboxylic acids is 3. The number of para-hydroxylation sites is 2. The van der Waals surface area contributed by atoms with Gasteiger partial charge in [-0.25, -0.2) is 0 Å². The standard InChI is InChI=1S/C88H117N19O25S/c1-47-75(119)98-62(38-74(117)118)87(131)106-33-17-24-67(106)82(126)100-63(39-89)79(123)96-58(30-32-73(115)116)86(130)107-43-52(110)37-69(107)83(127)97-59(35-49-40-91-55-20-15-13-18-53(49)55)78(122)101-64(44-108)80(124)99-61(36-50-41-92-56-21-16-14-19-54(50)56)85(129)105(4)68-23-12-10-8-6-5-7-9-11-22-66(104(3)88(68)132)81(125)95-57(29-31-72(113)114)77(121)102-65(76(120)93-42-70(90)111)45-133-46-71(112)94-60(84(128)103(47)2)34-48-25-27-51(109)28-26-48/h5-6,13-16,18-21,25-28,40-41,47,52,57-69,91-92,108-110H,7-12,17,22-24,29-39,42-46,89H2,1-4H3,(H2,90,111)(H,93,120)(H,94,112)(H,95,125)(H,96,123)(H,97,127)(H,98,119)(H,99,124)(H,100,126)(H,101,122)(H,102,121)(H,113,114)(H,115,116)(H,117,118)/b6-5-/t47-,52+,57-,58-,59-,60-,61-,62-,63-,64-,65-,66-,67-,68-,69-/m0/s1. The fourth-order valence-electron chi connectivity index (χ4n) is 16.4. The van der Waals surface area contributed by atoms with Crippen LogP contribution in [0.3, 0.4) is 0 Å². The van der Waals surface area contributed by atoms with Gasteiger partial charge in [0.15, 0.2) is 0 Å². The van der Waals surface area contributed by atoms with Gasteiger partial charge in [0.05, 0.1) is 31.4 Å². The minimum absolute atomic E-state index is 0.0644. The molecule has 3 saturated heterocycles. The number of aromatic hydroxyl groups is 1. The number of carbonyl (C=O) groups is 19. The van der Waals surface area contributed by atoms with Crippen molar-refractivity contribution in [1.29, 1.82) is 0 Å². The van der Waals surface area contributed by atoms with Crippen molar-refractivity contribution in [3.8, 4) is 5.75 Å². The van der Waals surface area contributed by atoms with Crippen molar-refractivity contribution in [3.05, 3.63) is 114 Å². The fourth-order valence-corrected chi connectivity index (χ4v) is 17.2. The summed E-state index contributed by atoms with van der Waals surface area (Å²) in [4.78, 5) is 283. The van der Waals surface area contributed by atoms with Gasteiger partial charge in [0.2, 0.25) is 94.5 Å². The number of carbonyl (C=O) groups excluding carboxylic acids is 16. The first-order chi connectivity index (χ1) is 63.4. The number of rotatable bonds is 19. The van der Waals surface area contributed by atoms with Crippen molar-refractivity contribution < 1.29 is 122 Å². The molecule has 2 bridgehead atoms. The maximum atomic E-state index is 15.8. The number of aromatic nitrogens is 2. The Hall–Kier alpha value is -13.6. The van der Waals surface area contributed by atoms with E-state index in [-0.39, 0.29) is 70.1 Å². The number of likely N-dealkylation sites (N-methyl/N-ethyl adjacent to an activating group) is 3. The Morgan fingerprint density at radius 2 is 0.977 bits per heavy atom. The number of H-pyrrole nitrogens is 2. The number of nitrogens with zero attached hydrogens (tertiary/aromatic N) is 5. The Labute approximate surface area is 768 Å². The van der Waals surface area contributed by atoms with Gasteiger partial charge in [-0.15, -0.1) is 11.8 Å². The van der Waals surface area contributed by atoms with E-state index in [9.17, 15) is 88.2 Å². The zero-order valence-electron chi connectivity index (χ0n) is 74.0. The maximum absolute atomic E-state index is 15.8. The smallest absolute Gasteiger partial charge is 0.305 e. The highest BCUT2D eigenvalue weighted by atomic mass is 32.2. The first-order valence-electron chi connectivity index (χ1n) is 43.8. The van der Waals surface area contributed by atoms with Crippen LogP contribution in [-0.2, 0) is 110 Å². The summed E-state index contributed by atoms with van der Waals surface area (Å²) in [7, 11) is 3.73. The van der Waals surface area contributed by atoms with E-state index in [4.69, 9.17) is 11.5 Å². The van der Waals surface area contributed by atoms with E-state index in [1.807, 2.05) is 12.2 Å².